The fourth-order valence-electron chi connectivity index (χ4n) is 2.92. The third-order valence-corrected chi connectivity index (χ3v) is 4.27. The van der Waals surface area contributed by atoms with Crippen LogP contribution in [0.25, 0.3) is 17.0 Å². The summed E-state index contributed by atoms with van der Waals surface area (Å²) in [5.41, 5.74) is 2.25. The monoisotopic (exact) mass is 392 g/mol. The predicted molar refractivity (Wildman–Crippen MR) is 114 cm³/mol. The summed E-state index contributed by atoms with van der Waals surface area (Å²) in [5, 5.41) is 6.53. The maximum atomic E-state index is 12.3. The van der Waals surface area contributed by atoms with Gasteiger partial charge < -0.3 is 19.8 Å². The Kier molecular flexibility index (Phi) is 6.34. The molecule has 0 aliphatic heterocycles. The Hall–Kier alpha value is -3.54. The van der Waals surface area contributed by atoms with Gasteiger partial charge in [0.25, 0.3) is 0 Å². The van der Waals surface area contributed by atoms with Crippen molar-refractivity contribution in [1.29, 1.82) is 0 Å². The number of benzene rings is 2. The number of ether oxygens (including phenoxy) is 1. The Morgan fingerprint density at radius 3 is 2.62 bits per heavy atom. The van der Waals surface area contributed by atoms with Gasteiger partial charge in [-0.05, 0) is 49.8 Å². The van der Waals surface area contributed by atoms with Crippen molar-refractivity contribution < 1.29 is 18.7 Å². The van der Waals surface area contributed by atoms with Crippen LogP contribution in [-0.4, -0.2) is 18.4 Å². The van der Waals surface area contributed by atoms with E-state index in [1.54, 1.807) is 18.2 Å². The molecule has 0 saturated carbocycles. The number of hydrogen-bond donors (Lipinski definition) is 2. The maximum Gasteiger partial charge on any atom is 0.244 e. The van der Waals surface area contributed by atoms with Gasteiger partial charge in [0.05, 0.1) is 12.6 Å². The van der Waals surface area contributed by atoms with Crippen LogP contribution in [-0.2, 0) is 9.59 Å². The van der Waals surface area contributed by atoms with Crippen LogP contribution < -0.4 is 15.4 Å². The number of hydrogen-bond acceptors (Lipinski definition) is 4. The van der Waals surface area contributed by atoms with E-state index in [9.17, 15) is 9.59 Å². The first-order valence-electron chi connectivity index (χ1n) is 9.47. The second-order valence-corrected chi connectivity index (χ2v) is 6.62. The molecule has 1 aromatic heterocycles. The molecule has 6 nitrogen and oxygen atoms in total. The molecule has 1 atom stereocenters. The van der Waals surface area contributed by atoms with Gasteiger partial charge in [0.15, 0.2) is 11.3 Å². The van der Waals surface area contributed by atoms with Crippen molar-refractivity contribution in [2.24, 2.45) is 0 Å². The van der Waals surface area contributed by atoms with Crippen molar-refractivity contribution >= 4 is 34.5 Å². The van der Waals surface area contributed by atoms with Gasteiger partial charge in [-0.2, -0.15) is 0 Å². The summed E-state index contributed by atoms with van der Waals surface area (Å²) in [5.74, 6) is 1.00. The Balaban J connectivity index is 1.64. The highest BCUT2D eigenvalue weighted by Gasteiger charge is 2.15. The van der Waals surface area contributed by atoms with Crippen LogP contribution in [0.4, 0.5) is 5.69 Å². The topological polar surface area (TPSA) is 80.6 Å². The van der Waals surface area contributed by atoms with Crippen LogP contribution in [0.15, 0.2) is 59.0 Å². The normalized spacial score (nSPS) is 12.1. The van der Waals surface area contributed by atoms with Crippen molar-refractivity contribution in [2.45, 2.75) is 26.8 Å². The first-order valence-corrected chi connectivity index (χ1v) is 9.47. The van der Waals surface area contributed by atoms with E-state index in [2.05, 4.69) is 10.6 Å². The lowest BCUT2D eigenvalue weighted by molar-refractivity contribution is -0.117. The number of furan rings is 1. The van der Waals surface area contributed by atoms with Crippen molar-refractivity contribution in [1.82, 2.24) is 5.32 Å². The van der Waals surface area contributed by atoms with Gasteiger partial charge in [0.2, 0.25) is 11.8 Å². The minimum absolute atomic E-state index is 0.124. The van der Waals surface area contributed by atoms with E-state index >= 15 is 0 Å². The minimum atomic E-state index is -0.295. The molecular weight excluding hydrogens is 368 g/mol. The lowest BCUT2D eigenvalue weighted by Gasteiger charge is -2.09. The smallest absolute Gasteiger partial charge is 0.244 e. The van der Waals surface area contributed by atoms with Crippen LogP contribution in [0.1, 0.15) is 38.1 Å². The number of carbonyl (C=O) groups is 2. The summed E-state index contributed by atoms with van der Waals surface area (Å²) in [7, 11) is 0. The molecular formula is C23H24N2O4. The number of fused-ring (bicyclic) bond motifs is 1. The summed E-state index contributed by atoms with van der Waals surface area (Å²) in [6.07, 6.45) is 3.18. The zero-order valence-electron chi connectivity index (χ0n) is 16.7. The molecule has 2 amide bonds. The highest BCUT2D eigenvalue weighted by atomic mass is 16.5. The molecule has 0 saturated heterocycles. The molecule has 0 aliphatic rings. The number of rotatable bonds is 7. The molecule has 0 bridgehead atoms. The van der Waals surface area contributed by atoms with E-state index in [4.69, 9.17) is 9.15 Å². The van der Waals surface area contributed by atoms with Crippen molar-refractivity contribution in [3.8, 4) is 5.75 Å². The predicted octanol–water partition coefficient (Wildman–Crippen LogP) is 4.68. The van der Waals surface area contributed by atoms with Gasteiger partial charge in [-0.3, -0.25) is 9.59 Å². The summed E-state index contributed by atoms with van der Waals surface area (Å²) in [6.45, 7) is 5.80. The van der Waals surface area contributed by atoms with Crippen LogP contribution in [0.5, 0.6) is 5.75 Å². The summed E-state index contributed by atoms with van der Waals surface area (Å²) in [6, 6.07) is 14.6. The molecule has 0 aliphatic carbocycles. The summed E-state index contributed by atoms with van der Waals surface area (Å²) < 4.78 is 11.5. The summed E-state index contributed by atoms with van der Waals surface area (Å²) in [4.78, 5) is 23.3. The zero-order chi connectivity index (χ0) is 20.8. The molecule has 150 valence electrons. The Morgan fingerprint density at radius 1 is 1.17 bits per heavy atom. The Labute approximate surface area is 169 Å². The number of nitrogens with one attached hydrogen (secondary N) is 2. The third kappa shape index (κ3) is 5.25. The number of carbonyl (C=O) groups excluding carboxylic acids is 2. The van der Waals surface area contributed by atoms with Crippen molar-refractivity contribution in [3.05, 3.63) is 65.9 Å². The molecule has 3 aromatic rings. The summed E-state index contributed by atoms with van der Waals surface area (Å²) >= 11 is 0. The SMILES string of the molecule is CCOc1cccc2cc(C(C)NC(=O)/C=C/c3ccc(NC(C)=O)cc3)oc12. The molecule has 0 spiro atoms. The second kappa shape index (κ2) is 9.10. The fraction of sp³-hybridized carbons (Fsp3) is 0.217. The van der Waals surface area contributed by atoms with Gasteiger partial charge in [0, 0.05) is 24.1 Å². The van der Waals surface area contributed by atoms with E-state index in [-0.39, 0.29) is 17.9 Å². The molecule has 2 aromatic carbocycles. The molecule has 29 heavy (non-hydrogen) atoms. The van der Waals surface area contributed by atoms with E-state index in [1.165, 1.54) is 13.0 Å². The fourth-order valence-corrected chi connectivity index (χ4v) is 2.92. The lowest BCUT2D eigenvalue weighted by atomic mass is 10.2. The molecule has 6 heteroatoms. The van der Waals surface area contributed by atoms with Gasteiger partial charge in [-0.25, -0.2) is 0 Å². The molecule has 1 unspecified atom stereocenters. The Bertz CT molecular complexity index is 1030. The lowest BCUT2D eigenvalue weighted by Crippen LogP contribution is -2.24. The molecule has 0 radical (unpaired) electrons. The number of amides is 2. The van der Waals surface area contributed by atoms with Crippen LogP contribution >= 0.6 is 0 Å². The quantitative estimate of drug-likeness (QED) is 0.572. The first kappa shape index (κ1) is 20.2. The van der Waals surface area contributed by atoms with Gasteiger partial charge in [-0.15, -0.1) is 0 Å². The first-order chi connectivity index (χ1) is 14.0. The third-order valence-electron chi connectivity index (χ3n) is 4.27. The van der Waals surface area contributed by atoms with E-state index in [0.717, 1.165) is 10.9 Å². The minimum Gasteiger partial charge on any atom is -0.490 e. The number of anilines is 1. The van der Waals surface area contributed by atoms with Crippen LogP contribution in [0.3, 0.4) is 0 Å². The highest BCUT2D eigenvalue weighted by molar-refractivity contribution is 5.92. The van der Waals surface area contributed by atoms with Gasteiger partial charge >= 0.3 is 0 Å². The van der Waals surface area contributed by atoms with E-state index in [0.29, 0.717) is 29.4 Å². The molecule has 2 N–H and O–H groups in total. The van der Waals surface area contributed by atoms with Crippen LogP contribution in [0, 0.1) is 0 Å². The average Bonchev–Trinajstić information content (AvgIpc) is 3.13. The standard InChI is InChI=1S/C23H24N2O4/c1-4-28-20-7-5-6-18-14-21(29-23(18)20)15(2)24-22(27)13-10-17-8-11-19(12-9-17)25-16(3)26/h5-15H,4H2,1-3H3,(H,24,27)(H,25,26)/b13-10+. The van der Waals surface area contributed by atoms with Gasteiger partial charge in [0.1, 0.15) is 5.76 Å². The highest BCUT2D eigenvalue weighted by Crippen LogP contribution is 2.31. The zero-order valence-corrected chi connectivity index (χ0v) is 16.7. The van der Waals surface area contributed by atoms with Gasteiger partial charge in [-0.1, -0.05) is 24.3 Å². The van der Waals surface area contributed by atoms with Crippen molar-refractivity contribution in [3.63, 3.8) is 0 Å². The average molecular weight is 392 g/mol. The maximum absolute atomic E-state index is 12.3. The number of para-hydroxylation sites is 1. The second-order valence-electron chi connectivity index (χ2n) is 6.62. The molecule has 0 fully saturated rings. The Morgan fingerprint density at radius 2 is 1.93 bits per heavy atom. The van der Waals surface area contributed by atoms with E-state index in [1.807, 2.05) is 50.2 Å². The van der Waals surface area contributed by atoms with Crippen molar-refractivity contribution in [2.75, 3.05) is 11.9 Å². The van der Waals surface area contributed by atoms with E-state index < -0.39 is 0 Å². The largest absolute Gasteiger partial charge is 0.490 e. The van der Waals surface area contributed by atoms with Crippen LogP contribution in [0.2, 0.25) is 0 Å². The molecule has 3 rings (SSSR count). The molecule has 1 heterocycles.